The Morgan fingerprint density at radius 2 is 2.06 bits per heavy atom. The molecule has 0 unspecified atom stereocenters. The number of carboxylic acid groups (broad SMARTS) is 1. The minimum Gasteiger partial charge on any atom is -0.480 e. The van der Waals surface area contributed by atoms with Crippen molar-refractivity contribution in [3.63, 3.8) is 0 Å². The summed E-state index contributed by atoms with van der Waals surface area (Å²) in [6.07, 6.45) is 4.98. The van der Waals surface area contributed by atoms with E-state index in [-0.39, 0.29) is 19.0 Å². The van der Waals surface area contributed by atoms with Crippen LogP contribution in [0, 0.1) is 12.3 Å². The molecule has 0 aliphatic rings. The zero-order valence-electron chi connectivity index (χ0n) is 8.82. The number of likely N-dealkylation sites (N-methyl/N-ethyl adjacent to an activating group) is 1. The van der Waals surface area contributed by atoms with Crippen molar-refractivity contribution in [3.05, 3.63) is 0 Å². The highest BCUT2D eigenvalue weighted by molar-refractivity contribution is 5.85. The highest BCUT2D eigenvalue weighted by Gasteiger charge is 2.15. The molecule has 7 nitrogen and oxygen atoms in total. The molecular weight excluding hydrogens is 214 g/mol. The van der Waals surface area contributed by atoms with E-state index in [1.54, 1.807) is 0 Å². The number of nitrogens with one attached hydrogen (secondary N) is 2. The molecule has 0 aromatic carbocycles. The monoisotopic (exact) mass is 227 g/mol. The van der Waals surface area contributed by atoms with E-state index in [1.165, 1.54) is 7.05 Å². The van der Waals surface area contributed by atoms with Crippen LogP contribution in [0.4, 0.5) is 4.79 Å². The maximum atomic E-state index is 11.4. The van der Waals surface area contributed by atoms with Gasteiger partial charge >= 0.3 is 12.0 Å². The van der Waals surface area contributed by atoms with Crippen molar-refractivity contribution in [3.8, 4) is 12.3 Å². The van der Waals surface area contributed by atoms with E-state index in [9.17, 15) is 14.4 Å². The van der Waals surface area contributed by atoms with E-state index in [1.807, 2.05) is 0 Å². The van der Waals surface area contributed by atoms with E-state index < -0.39 is 18.5 Å². The van der Waals surface area contributed by atoms with E-state index in [4.69, 9.17) is 11.5 Å². The number of hydrogen-bond donors (Lipinski definition) is 3. The van der Waals surface area contributed by atoms with Crippen LogP contribution in [0.15, 0.2) is 0 Å². The van der Waals surface area contributed by atoms with Gasteiger partial charge in [0, 0.05) is 7.05 Å². The first-order chi connectivity index (χ1) is 7.51. The predicted octanol–water partition coefficient (Wildman–Crippen LogP) is -1.54. The van der Waals surface area contributed by atoms with Gasteiger partial charge < -0.3 is 20.6 Å². The quantitative estimate of drug-likeness (QED) is 0.496. The summed E-state index contributed by atoms with van der Waals surface area (Å²) >= 11 is 0. The molecule has 16 heavy (non-hydrogen) atoms. The Morgan fingerprint density at radius 1 is 1.44 bits per heavy atom. The summed E-state index contributed by atoms with van der Waals surface area (Å²) in [5.41, 5.74) is 0. The van der Waals surface area contributed by atoms with Crippen LogP contribution in [0.5, 0.6) is 0 Å². The molecule has 0 aromatic heterocycles. The number of carbonyl (C=O) groups excluding carboxylic acids is 2. The normalized spacial score (nSPS) is 8.75. The molecule has 0 radical (unpaired) electrons. The summed E-state index contributed by atoms with van der Waals surface area (Å²) in [6.45, 7) is -0.869. The largest absolute Gasteiger partial charge is 0.480 e. The first-order valence-electron chi connectivity index (χ1n) is 4.39. The Kier molecular flexibility index (Phi) is 6.12. The Labute approximate surface area is 92.8 Å². The summed E-state index contributed by atoms with van der Waals surface area (Å²) in [4.78, 5) is 33.5. The number of hydrogen-bond acceptors (Lipinski definition) is 3. The molecule has 0 atom stereocenters. The van der Waals surface area contributed by atoms with Crippen molar-refractivity contribution in [1.29, 1.82) is 0 Å². The fourth-order valence-electron chi connectivity index (χ4n) is 0.829. The van der Waals surface area contributed by atoms with E-state index in [0.29, 0.717) is 0 Å². The molecule has 0 saturated carbocycles. The lowest BCUT2D eigenvalue weighted by Gasteiger charge is -2.18. The van der Waals surface area contributed by atoms with Crippen LogP contribution in [0.1, 0.15) is 0 Å². The van der Waals surface area contributed by atoms with Gasteiger partial charge in [-0.3, -0.25) is 9.59 Å². The second-order valence-electron chi connectivity index (χ2n) is 2.79. The van der Waals surface area contributed by atoms with Crippen LogP contribution in [0.2, 0.25) is 0 Å². The van der Waals surface area contributed by atoms with Crippen molar-refractivity contribution >= 4 is 17.9 Å². The van der Waals surface area contributed by atoms with E-state index >= 15 is 0 Å². The molecule has 0 aliphatic heterocycles. The molecule has 0 fully saturated rings. The van der Waals surface area contributed by atoms with Crippen molar-refractivity contribution in [2.45, 2.75) is 0 Å². The molecule has 0 aromatic rings. The first-order valence-corrected chi connectivity index (χ1v) is 4.39. The molecule has 88 valence electrons. The maximum Gasteiger partial charge on any atom is 0.323 e. The van der Waals surface area contributed by atoms with E-state index in [0.717, 1.165) is 4.90 Å². The zero-order valence-corrected chi connectivity index (χ0v) is 8.82. The number of amides is 3. The smallest absolute Gasteiger partial charge is 0.323 e. The highest BCUT2D eigenvalue weighted by Crippen LogP contribution is 1.88. The van der Waals surface area contributed by atoms with Crippen LogP contribution in [0.3, 0.4) is 0 Å². The van der Waals surface area contributed by atoms with Gasteiger partial charge in [0.05, 0.1) is 13.1 Å². The summed E-state index contributed by atoms with van der Waals surface area (Å²) < 4.78 is 0. The fourth-order valence-corrected chi connectivity index (χ4v) is 0.829. The number of nitrogens with zero attached hydrogens (tertiary/aromatic N) is 1. The zero-order chi connectivity index (χ0) is 12.6. The Morgan fingerprint density at radius 3 is 2.50 bits per heavy atom. The summed E-state index contributed by atoms with van der Waals surface area (Å²) in [6, 6.07) is -0.691. The van der Waals surface area contributed by atoms with Crippen molar-refractivity contribution in [1.82, 2.24) is 15.5 Å². The molecule has 3 N–H and O–H groups in total. The Balaban J connectivity index is 4.22. The van der Waals surface area contributed by atoms with Crippen LogP contribution in [-0.4, -0.2) is 54.6 Å². The molecular formula is C9H13N3O4. The minimum atomic E-state index is -1.18. The van der Waals surface area contributed by atoms with Crippen LogP contribution < -0.4 is 10.6 Å². The van der Waals surface area contributed by atoms with Crippen molar-refractivity contribution < 1.29 is 19.5 Å². The second-order valence-corrected chi connectivity index (χ2v) is 2.79. The number of aliphatic carboxylic acids is 1. The first kappa shape index (κ1) is 13.8. The summed E-state index contributed by atoms with van der Waals surface area (Å²) in [5, 5.41) is 13.1. The predicted molar refractivity (Wildman–Crippen MR) is 55.5 cm³/mol. The van der Waals surface area contributed by atoms with E-state index in [2.05, 4.69) is 16.6 Å². The molecule has 0 spiro atoms. The van der Waals surface area contributed by atoms with Crippen LogP contribution >= 0.6 is 0 Å². The van der Waals surface area contributed by atoms with Gasteiger partial charge in [0.1, 0.15) is 6.54 Å². The third-order valence-electron chi connectivity index (χ3n) is 1.57. The maximum absolute atomic E-state index is 11.4. The minimum absolute atomic E-state index is 0.133. The lowest BCUT2D eigenvalue weighted by molar-refractivity contribution is -0.137. The van der Waals surface area contributed by atoms with Crippen LogP contribution in [0.25, 0.3) is 0 Å². The van der Waals surface area contributed by atoms with Gasteiger partial charge in [-0.05, 0) is 0 Å². The van der Waals surface area contributed by atoms with Crippen molar-refractivity contribution in [2.24, 2.45) is 0 Å². The van der Waals surface area contributed by atoms with Gasteiger partial charge in [0.25, 0.3) is 0 Å². The highest BCUT2D eigenvalue weighted by atomic mass is 16.4. The molecule has 0 heterocycles. The molecule has 0 aliphatic carbocycles. The summed E-state index contributed by atoms with van der Waals surface area (Å²) in [5.74, 6) is 0.596. The second kappa shape index (κ2) is 7.11. The van der Waals surface area contributed by atoms with Gasteiger partial charge in [0.2, 0.25) is 5.91 Å². The number of urea groups is 1. The molecule has 0 bridgehead atoms. The molecule has 0 saturated heterocycles. The topological polar surface area (TPSA) is 98.7 Å². The lowest BCUT2D eigenvalue weighted by Crippen LogP contribution is -2.45. The number of rotatable bonds is 5. The van der Waals surface area contributed by atoms with Gasteiger partial charge in [-0.25, -0.2) is 4.79 Å². The Hall–Kier alpha value is -2.23. The lowest BCUT2D eigenvalue weighted by atomic mass is 10.5. The number of terminal acetylenes is 1. The van der Waals surface area contributed by atoms with Gasteiger partial charge in [-0.15, -0.1) is 6.42 Å². The number of carboxylic acids is 1. The summed E-state index contributed by atoms with van der Waals surface area (Å²) in [7, 11) is 1.42. The Bertz CT molecular complexity index is 321. The van der Waals surface area contributed by atoms with Crippen LogP contribution in [-0.2, 0) is 9.59 Å². The van der Waals surface area contributed by atoms with Gasteiger partial charge in [-0.1, -0.05) is 5.92 Å². The fraction of sp³-hybridized carbons (Fsp3) is 0.444. The third kappa shape index (κ3) is 5.49. The number of carbonyl (C=O) groups is 3. The SMILES string of the molecule is C#CCN(CC(=O)O)C(=O)NCC(=O)NC. The standard InChI is InChI=1S/C9H13N3O4/c1-3-4-12(6-8(14)15)9(16)11-5-7(13)10-2/h1H,4-6H2,2H3,(H,10,13)(H,11,16)(H,14,15). The average molecular weight is 227 g/mol. The molecule has 3 amide bonds. The van der Waals surface area contributed by atoms with Crippen molar-refractivity contribution in [2.75, 3.05) is 26.7 Å². The third-order valence-corrected chi connectivity index (χ3v) is 1.57. The molecule has 0 rings (SSSR count). The van der Waals surface area contributed by atoms with Gasteiger partial charge in [0.15, 0.2) is 0 Å². The van der Waals surface area contributed by atoms with Gasteiger partial charge in [-0.2, -0.15) is 0 Å². The molecule has 7 heteroatoms. The average Bonchev–Trinajstić information content (AvgIpc) is 2.24.